The standard InChI is InChI=1S/C17H22ClN5O/c1-19-17(20-12-16-6-11-24-21-16)23-9-7-22(8-10-23)13-14-2-4-15(18)5-3-14/h2-6,11H,7-10,12-13H2,1H3,(H,19,20). The maximum Gasteiger partial charge on any atom is 0.194 e. The van der Waals surface area contributed by atoms with Crippen molar-refractivity contribution >= 4 is 17.6 Å². The Morgan fingerprint density at radius 2 is 1.96 bits per heavy atom. The van der Waals surface area contributed by atoms with E-state index in [1.807, 2.05) is 25.2 Å². The number of halogens is 1. The number of nitrogens with zero attached hydrogens (tertiary/aromatic N) is 4. The van der Waals surface area contributed by atoms with Gasteiger partial charge in [-0.25, -0.2) is 0 Å². The largest absolute Gasteiger partial charge is 0.364 e. The quantitative estimate of drug-likeness (QED) is 0.679. The van der Waals surface area contributed by atoms with Crippen LogP contribution in [-0.2, 0) is 13.1 Å². The Hall–Kier alpha value is -2.05. The second kappa shape index (κ2) is 8.17. The molecule has 7 heteroatoms. The topological polar surface area (TPSA) is 56.9 Å². The van der Waals surface area contributed by atoms with E-state index >= 15 is 0 Å². The third-order valence-electron chi connectivity index (χ3n) is 4.12. The zero-order valence-corrected chi connectivity index (χ0v) is 14.5. The van der Waals surface area contributed by atoms with Crippen molar-refractivity contribution in [1.82, 2.24) is 20.3 Å². The van der Waals surface area contributed by atoms with Crippen molar-refractivity contribution in [3.8, 4) is 0 Å². The van der Waals surface area contributed by atoms with Crippen LogP contribution in [0.4, 0.5) is 0 Å². The number of guanidine groups is 1. The van der Waals surface area contributed by atoms with Gasteiger partial charge < -0.3 is 14.7 Å². The van der Waals surface area contributed by atoms with Gasteiger partial charge in [-0.15, -0.1) is 0 Å². The van der Waals surface area contributed by atoms with Crippen LogP contribution in [0.25, 0.3) is 0 Å². The molecule has 1 aliphatic rings. The van der Waals surface area contributed by atoms with Crippen molar-refractivity contribution in [2.24, 2.45) is 4.99 Å². The van der Waals surface area contributed by atoms with E-state index in [1.165, 1.54) is 5.56 Å². The molecule has 1 saturated heterocycles. The minimum atomic E-state index is 0.619. The molecule has 0 atom stereocenters. The molecule has 0 aliphatic carbocycles. The Balaban J connectivity index is 1.47. The van der Waals surface area contributed by atoms with Crippen molar-refractivity contribution in [3.63, 3.8) is 0 Å². The predicted octanol–water partition coefficient (Wildman–Crippen LogP) is 2.22. The number of rotatable bonds is 4. The third kappa shape index (κ3) is 4.49. The first-order valence-electron chi connectivity index (χ1n) is 8.06. The maximum atomic E-state index is 5.94. The highest BCUT2D eigenvalue weighted by molar-refractivity contribution is 6.30. The minimum Gasteiger partial charge on any atom is -0.364 e. The van der Waals surface area contributed by atoms with E-state index in [1.54, 1.807) is 6.26 Å². The molecule has 1 fully saturated rings. The fourth-order valence-electron chi connectivity index (χ4n) is 2.80. The number of piperazine rings is 1. The zero-order valence-electron chi connectivity index (χ0n) is 13.8. The minimum absolute atomic E-state index is 0.619. The average molecular weight is 348 g/mol. The lowest BCUT2D eigenvalue weighted by atomic mass is 10.2. The molecule has 1 N–H and O–H groups in total. The monoisotopic (exact) mass is 347 g/mol. The molecule has 0 saturated carbocycles. The van der Waals surface area contributed by atoms with Crippen molar-refractivity contribution in [2.45, 2.75) is 13.1 Å². The maximum absolute atomic E-state index is 5.94. The fraction of sp³-hybridized carbons (Fsp3) is 0.412. The van der Waals surface area contributed by atoms with E-state index in [9.17, 15) is 0 Å². The second-order valence-electron chi connectivity index (χ2n) is 5.78. The number of aromatic nitrogens is 1. The van der Waals surface area contributed by atoms with Gasteiger partial charge in [-0.2, -0.15) is 0 Å². The van der Waals surface area contributed by atoms with Gasteiger partial charge in [0, 0.05) is 50.9 Å². The summed E-state index contributed by atoms with van der Waals surface area (Å²) in [5.41, 5.74) is 2.17. The molecule has 0 amide bonds. The van der Waals surface area contributed by atoms with Gasteiger partial charge in [-0.05, 0) is 17.7 Å². The summed E-state index contributed by atoms with van der Waals surface area (Å²) in [5, 5.41) is 8.02. The summed E-state index contributed by atoms with van der Waals surface area (Å²) < 4.78 is 4.85. The van der Waals surface area contributed by atoms with Crippen LogP contribution in [0.15, 0.2) is 46.1 Å². The number of nitrogens with one attached hydrogen (secondary N) is 1. The summed E-state index contributed by atoms with van der Waals surface area (Å²) in [4.78, 5) is 9.10. The van der Waals surface area contributed by atoms with Crippen LogP contribution in [0.2, 0.25) is 5.02 Å². The third-order valence-corrected chi connectivity index (χ3v) is 4.37. The summed E-state index contributed by atoms with van der Waals surface area (Å²) in [6.45, 7) is 5.49. The van der Waals surface area contributed by atoms with Gasteiger partial charge in [0.15, 0.2) is 5.96 Å². The van der Waals surface area contributed by atoms with Crippen LogP contribution >= 0.6 is 11.6 Å². The molecule has 1 aromatic heterocycles. The van der Waals surface area contributed by atoms with E-state index in [2.05, 4.69) is 37.4 Å². The molecular weight excluding hydrogens is 326 g/mol. The number of hydrogen-bond acceptors (Lipinski definition) is 4. The van der Waals surface area contributed by atoms with Gasteiger partial charge in [-0.1, -0.05) is 28.9 Å². The Bertz CT molecular complexity index is 648. The van der Waals surface area contributed by atoms with Crippen LogP contribution in [-0.4, -0.2) is 54.1 Å². The van der Waals surface area contributed by atoms with E-state index in [-0.39, 0.29) is 0 Å². The molecule has 0 unspecified atom stereocenters. The average Bonchev–Trinajstić information content (AvgIpc) is 3.12. The molecule has 3 rings (SSSR count). The van der Waals surface area contributed by atoms with Gasteiger partial charge in [0.2, 0.25) is 0 Å². The molecule has 6 nitrogen and oxygen atoms in total. The van der Waals surface area contributed by atoms with Crippen LogP contribution in [0, 0.1) is 0 Å². The lowest BCUT2D eigenvalue weighted by Gasteiger charge is -2.36. The first-order chi connectivity index (χ1) is 11.7. The highest BCUT2D eigenvalue weighted by atomic mass is 35.5. The van der Waals surface area contributed by atoms with Crippen LogP contribution in [0.1, 0.15) is 11.3 Å². The molecule has 0 bridgehead atoms. The van der Waals surface area contributed by atoms with Crippen LogP contribution < -0.4 is 5.32 Å². The van der Waals surface area contributed by atoms with E-state index in [4.69, 9.17) is 16.1 Å². The normalized spacial score (nSPS) is 16.4. The van der Waals surface area contributed by atoms with E-state index < -0.39 is 0 Å². The Labute approximate surface area is 147 Å². The van der Waals surface area contributed by atoms with Gasteiger partial charge >= 0.3 is 0 Å². The lowest BCUT2D eigenvalue weighted by molar-refractivity contribution is 0.172. The smallest absolute Gasteiger partial charge is 0.194 e. The fourth-order valence-corrected chi connectivity index (χ4v) is 2.92. The van der Waals surface area contributed by atoms with Crippen LogP contribution in [0.3, 0.4) is 0 Å². The van der Waals surface area contributed by atoms with Crippen molar-refractivity contribution in [1.29, 1.82) is 0 Å². The van der Waals surface area contributed by atoms with E-state index in [0.717, 1.165) is 49.4 Å². The number of hydrogen-bond donors (Lipinski definition) is 1. The van der Waals surface area contributed by atoms with Crippen molar-refractivity contribution in [3.05, 3.63) is 52.9 Å². The van der Waals surface area contributed by atoms with Gasteiger partial charge in [0.05, 0.1) is 6.54 Å². The molecule has 24 heavy (non-hydrogen) atoms. The zero-order chi connectivity index (χ0) is 16.8. The number of benzene rings is 1. The van der Waals surface area contributed by atoms with Gasteiger partial charge in [0.25, 0.3) is 0 Å². The predicted molar refractivity (Wildman–Crippen MR) is 95.0 cm³/mol. The molecule has 2 heterocycles. The summed E-state index contributed by atoms with van der Waals surface area (Å²) in [5.74, 6) is 0.907. The first-order valence-corrected chi connectivity index (χ1v) is 8.44. The van der Waals surface area contributed by atoms with Gasteiger partial charge in [-0.3, -0.25) is 9.89 Å². The highest BCUT2D eigenvalue weighted by Crippen LogP contribution is 2.13. The molecule has 0 radical (unpaired) electrons. The molecule has 128 valence electrons. The molecule has 0 spiro atoms. The second-order valence-corrected chi connectivity index (χ2v) is 6.22. The summed E-state index contributed by atoms with van der Waals surface area (Å²) in [6.07, 6.45) is 1.58. The molecule has 1 aliphatic heterocycles. The SMILES string of the molecule is CN=C(NCc1ccon1)N1CCN(Cc2ccc(Cl)cc2)CC1. The number of aliphatic imine (C=N–C) groups is 1. The summed E-state index contributed by atoms with van der Waals surface area (Å²) >= 11 is 5.94. The Morgan fingerprint density at radius 1 is 1.21 bits per heavy atom. The molecule has 1 aromatic carbocycles. The Kier molecular flexibility index (Phi) is 5.72. The summed E-state index contributed by atoms with van der Waals surface area (Å²) in [7, 11) is 1.81. The lowest BCUT2D eigenvalue weighted by Crippen LogP contribution is -2.52. The summed E-state index contributed by atoms with van der Waals surface area (Å²) in [6, 6.07) is 9.93. The van der Waals surface area contributed by atoms with E-state index in [0.29, 0.717) is 6.54 Å². The van der Waals surface area contributed by atoms with Crippen molar-refractivity contribution < 1.29 is 4.52 Å². The Morgan fingerprint density at radius 3 is 2.58 bits per heavy atom. The molecular formula is C17H22ClN5O. The van der Waals surface area contributed by atoms with Gasteiger partial charge in [0.1, 0.15) is 12.0 Å². The first kappa shape index (κ1) is 16.8. The van der Waals surface area contributed by atoms with Crippen molar-refractivity contribution in [2.75, 3.05) is 33.2 Å². The highest BCUT2D eigenvalue weighted by Gasteiger charge is 2.19. The van der Waals surface area contributed by atoms with Crippen LogP contribution in [0.5, 0.6) is 0 Å². The molecule has 2 aromatic rings.